The monoisotopic (exact) mass is 349 g/mol. The number of rotatable bonds is 7. The topological polar surface area (TPSA) is 95.0 Å². The SMILES string of the molecule is Cc1ccc(C2CC(C(=O)NCCSCc3nc[nH]c3C)NN2)o1. The average Bonchev–Trinajstić information content (AvgIpc) is 3.28. The second-order valence-corrected chi connectivity index (χ2v) is 7.00. The molecule has 2 aromatic rings. The Balaban J connectivity index is 1.35. The normalized spacial score (nSPS) is 20.4. The Labute approximate surface area is 145 Å². The van der Waals surface area contributed by atoms with Crippen molar-refractivity contribution in [2.75, 3.05) is 12.3 Å². The number of imidazole rings is 1. The third-order valence-electron chi connectivity index (χ3n) is 4.04. The molecule has 0 aliphatic carbocycles. The Hall–Kier alpha value is -1.77. The van der Waals surface area contributed by atoms with Crippen LogP contribution < -0.4 is 16.2 Å². The minimum atomic E-state index is -0.237. The second kappa shape index (κ2) is 7.87. The van der Waals surface area contributed by atoms with Crippen molar-refractivity contribution >= 4 is 17.7 Å². The third kappa shape index (κ3) is 4.19. The summed E-state index contributed by atoms with van der Waals surface area (Å²) in [5, 5.41) is 2.98. The molecule has 0 saturated carbocycles. The maximum Gasteiger partial charge on any atom is 0.238 e. The van der Waals surface area contributed by atoms with Gasteiger partial charge in [-0.2, -0.15) is 11.8 Å². The molecule has 2 unspecified atom stereocenters. The van der Waals surface area contributed by atoms with Crippen molar-refractivity contribution in [2.24, 2.45) is 0 Å². The van der Waals surface area contributed by atoms with Gasteiger partial charge >= 0.3 is 0 Å². The molecule has 130 valence electrons. The zero-order chi connectivity index (χ0) is 16.9. The molecule has 1 aliphatic rings. The maximum atomic E-state index is 12.2. The largest absolute Gasteiger partial charge is 0.465 e. The number of furan rings is 1. The molecular weight excluding hydrogens is 326 g/mol. The minimum Gasteiger partial charge on any atom is -0.465 e. The van der Waals surface area contributed by atoms with Gasteiger partial charge in [0.05, 0.1) is 18.1 Å². The highest BCUT2D eigenvalue weighted by molar-refractivity contribution is 7.98. The zero-order valence-corrected chi connectivity index (χ0v) is 14.7. The first-order valence-corrected chi connectivity index (χ1v) is 9.20. The van der Waals surface area contributed by atoms with Gasteiger partial charge in [-0.25, -0.2) is 15.8 Å². The highest BCUT2D eigenvalue weighted by Gasteiger charge is 2.31. The number of aromatic amines is 1. The summed E-state index contributed by atoms with van der Waals surface area (Å²) < 4.78 is 5.61. The molecule has 3 heterocycles. The lowest BCUT2D eigenvalue weighted by atomic mass is 10.1. The van der Waals surface area contributed by atoms with Crippen molar-refractivity contribution in [1.29, 1.82) is 0 Å². The minimum absolute atomic E-state index is 0.0184. The molecule has 0 radical (unpaired) electrons. The van der Waals surface area contributed by atoms with Gasteiger partial charge in [0.25, 0.3) is 0 Å². The van der Waals surface area contributed by atoms with Crippen molar-refractivity contribution in [2.45, 2.75) is 38.1 Å². The number of carbonyl (C=O) groups excluding carboxylic acids is 1. The fourth-order valence-electron chi connectivity index (χ4n) is 2.63. The molecule has 1 amide bonds. The molecule has 2 atom stereocenters. The van der Waals surface area contributed by atoms with E-state index in [1.54, 1.807) is 18.1 Å². The Morgan fingerprint density at radius 1 is 1.42 bits per heavy atom. The molecule has 1 fully saturated rings. The van der Waals surface area contributed by atoms with Crippen molar-refractivity contribution in [3.05, 3.63) is 41.4 Å². The summed E-state index contributed by atoms with van der Waals surface area (Å²) in [5.74, 6) is 3.47. The molecule has 1 saturated heterocycles. The lowest BCUT2D eigenvalue weighted by Gasteiger charge is -2.10. The van der Waals surface area contributed by atoms with E-state index in [0.29, 0.717) is 13.0 Å². The Morgan fingerprint density at radius 3 is 3.00 bits per heavy atom. The van der Waals surface area contributed by atoms with E-state index in [0.717, 1.165) is 34.4 Å². The Kier molecular flexibility index (Phi) is 5.60. The highest BCUT2D eigenvalue weighted by Crippen LogP contribution is 2.23. The van der Waals surface area contributed by atoms with Crippen LogP contribution in [0.4, 0.5) is 0 Å². The van der Waals surface area contributed by atoms with Gasteiger partial charge in [0, 0.05) is 23.7 Å². The lowest BCUT2D eigenvalue weighted by molar-refractivity contribution is -0.122. The Bertz CT molecular complexity index is 684. The summed E-state index contributed by atoms with van der Waals surface area (Å²) in [4.78, 5) is 19.5. The molecule has 1 aliphatic heterocycles. The van der Waals surface area contributed by atoms with Crippen LogP contribution in [0.15, 0.2) is 22.9 Å². The van der Waals surface area contributed by atoms with E-state index in [-0.39, 0.29) is 18.0 Å². The number of amides is 1. The zero-order valence-electron chi connectivity index (χ0n) is 13.9. The third-order valence-corrected chi connectivity index (χ3v) is 5.01. The van der Waals surface area contributed by atoms with Crippen molar-refractivity contribution in [3.63, 3.8) is 0 Å². The standard InChI is InChI=1S/C16H23N5O2S/c1-10-3-4-15(23-10)12-7-13(21-20-12)16(22)17-5-6-24-8-14-11(2)18-9-19-14/h3-4,9,12-13,20-21H,5-8H2,1-2H3,(H,17,22)(H,18,19). The number of thioether (sulfide) groups is 1. The fraction of sp³-hybridized carbons (Fsp3) is 0.500. The summed E-state index contributed by atoms with van der Waals surface area (Å²) >= 11 is 1.76. The van der Waals surface area contributed by atoms with Gasteiger partial charge in [-0.15, -0.1) is 0 Å². The van der Waals surface area contributed by atoms with Crippen LogP contribution in [0.1, 0.15) is 35.4 Å². The number of hydrogen-bond acceptors (Lipinski definition) is 6. The number of aryl methyl sites for hydroxylation is 2. The number of aromatic nitrogens is 2. The molecular formula is C16H23N5O2S. The lowest BCUT2D eigenvalue weighted by Crippen LogP contribution is -2.43. The smallest absolute Gasteiger partial charge is 0.238 e. The van der Waals surface area contributed by atoms with Crippen LogP contribution in [0.5, 0.6) is 0 Å². The number of nitrogens with one attached hydrogen (secondary N) is 4. The number of hydrazine groups is 1. The molecule has 2 aromatic heterocycles. The van der Waals surface area contributed by atoms with Crippen molar-refractivity contribution in [1.82, 2.24) is 26.1 Å². The number of nitrogens with zero attached hydrogens (tertiary/aromatic N) is 1. The quantitative estimate of drug-likeness (QED) is 0.567. The van der Waals surface area contributed by atoms with Crippen LogP contribution in [-0.2, 0) is 10.5 Å². The number of hydrogen-bond donors (Lipinski definition) is 4. The molecule has 8 heteroatoms. The van der Waals surface area contributed by atoms with E-state index in [1.165, 1.54) is 0 Å². The van der Waals surface area contributed by atoms with Crippen molar-refractivity contribution in [3.8, 4) is 0 Å². The molecule has 0 spiro atoms. The summed E-state index contributed by atoms with van der Waals surface area (Å²) in [6, 6.07) is 3.68. The van der Waals surface area contributed by atoms with Gasteiger partial charge in [-0.05, 0) is 32.4 Å². The molecule has 0 aromatic carbocycles. The van der Waals surface area contributed by atoms with Gasteiger partial charge in [0.1, 0.15) is 17.6 Å². The van der Waals surface area contributed by atoms with Crippen molar-refractivity contribution < 1.29 is 9.21 Å². The van der Waals surface area contributed by atoms with Crippen LogP contribution in [0.3, 0.4) is 0 Å². The van der Waals surface area contributed by atoms with Crippen LogP contribution >= 0.6 is 11.8 Å². The Morgan fingerprint density at radius 2 is 2.29 bits per heavy atom. The highest BCUT2D eigenvalue weighted by atomic mass is 32.2. The van der Waals surface area contributed by atoms with Gasteiger partial charge < -0.3 is 14.7 Å². The summed E-state index contributed by atoms with van der Waals surface area (Å²) in [6.45, 7) is 4.58. The molecule has 7 nitrogen and oxygen atoms in total. The molecule has 3 rings (SSSR count). The first-order chi connectivity index (χ1) is 11.6. The average molecular weight is 349 g/mol. The van der Waals surface area contributed by atoms with Gasteiger partial charge in [0.15, 0.2) is 0 Å². The second-order valence-electron chi connectivity index (χ2n) is 5.90. The summed E-state index contributed by atoms with van der Waals surface area (Å²) in [7, 11) is 0. The van der Waals surface area contributed by atoms with Crippen LogP contribution in [0.2, 0.25) is 0 Å². The van der Waals surface area contributed by atoms with E-state index in [2.05, 4.69) is 26.1 Å². The van der Waals surface area contributed by atoms with E-state index in [9.17, 15) is 4.79 Å². The summed E-state index contributed by atoms with van der Waals surface area (Å²) in [6.07, 6.45) is 2.39. The first-order valence-electron chi connectivity index (χ1n) is 8.05. The van der Waals surface area contributed by atoms with E-state index >= 15 is 0 Å². The van der Waals surface area contributed by atoms with Gasteiger partial charge in [-0.1, -0.05) is 0 Å². The number of carbonyl (C=O) groups is 1. The molecule has 0 bridgehead atoms. The van der Waals surface area contributed by atoms with E-state index in [4.69, 9.17) is 4.42 Å². The van der Waals surface area contributed by atoms with Crippen LogP contribution in [-0.4, -0.2) is 34.2 Å². The van der Waals surface area contributed by atoms with E-state index in [1.807, 2.05) is 26.0 Å². The van der Waals surface area contributed by atoms with Crippen LogP contribution in [0.25, 0.3) is 0 Å². The van der Waals surface area contributed by atoms with E-state index < -0.39 is 0 Å². The number of H-pyrrole nitrogens is 1. The molecule has 4 N–H and O–H groups in total. The van der Waals surface area contributed by atoms with Gasteiger partial charge in [-0.3, -0.25) is 4.79 Å². The predicted octanol–water partition coefficient (Wildman–Crippen LogP) is 1.58. The van der Waals surface area contributed by atoms with Crippen LogP contribution in [0, 0.1) is 13.8 Å². The molecule has 24 heavy (non-hydrogen) atoms. The fourth-order valence-corrected chi connectivity index (χ4v) is 3.50. The summed E-state index contributed by atoms with van der Waals surface area (Å²) in [5.41, 5.74) is 8.34. The van der Waals surface area contributed by atoms with Gasteiger partial charge in [0.2, 0.25) is 5.91 Å². The maximum absolute atomic E-state index is 12.2. The predicted molar refractivity (Wildman–Crippen MR) is 93.4 cm³/mol. The first kappa shape index (κ1) is 17.1.